The number of nitrogens with zero attached hydrogens (tertiary/aromatic N) is 4. The molecule has 0 radical (unpaired) electrons. The van der Waals surface area contributed by atoms with E-state index in [1.54, 1.807) is 14.0 Å². The molecule has 3 aromatic rings. The minimum Gasteiger partial charge on any atom is -0.297 e. The molecule has 130 valence electrons. The quantitative estimate of drug-likeness (QED) is 0.714. The van der Waals surface area contributed by atoms with Gasteiger partial charge in [-0.25, -0.2) is 13.4 Å². The zero-order valence-corrected chi connectivity index (χ0v) is 15.0. The summed E-state index contributed by atoms with van der Waals surface area (Å²) in [6.45, 7) is 7.77. The van der Waals surface area contributed by atoms with E-state index in [1.807, 2.05) is 31.4 Å². The molecular weight excluding hydrogens is 324 g/mol. The second-order valence-electron chi connectivity index (χ2n) is 6.11. The van der Waals surface area contributed by atoms with Gasteiger partial charge in [0.15, 0.2) is 14.9 Å². The van der Waals surface area contributed by atoms with Crippen molar-refractivity contribution in [3.05, 3.63) is 34.6 Å². The summed E-state index contributed by atoms with van der Waals surface area (Å²) < 4.78 is 27.5. The Hall–Kier alpha value is -2.15. The van der Waals surface area contributed by atoms with Crippen LogP contribution in [0.5, 0.6) is 0 Å². The standard InChI is InChI=1S/C16H20N4O2S.CH4/c1-9-7-10(2)15-17-11(3)8-20(15)14(9)13-12(4)16(19(5)18-13)23(6,21)22;/h7-8H,1-6H3;1H4. The Morgan fingerprint density at radius 1 is 1.08 bits per heavy atom. The number of fused-ring (bicyclic) bond motifs is 1. The van der Waals surface area contributed by atoms with Crippen molar-refractivity contribution in [1.82, 2.24) is 19.2 Å². The predicted molar refractivity (Wildman–Crippen MR) is 96.2 cm³/mol. The number of imidazole rings is 1. The number of hydrogen-bond donors (Lipinski definition) is 0. The maximum Gasteiger partial charge on any atom is 0.192 e. The number of aromatic nitrogens is 4. The van der Waals surface area contributed by atoms with Gasteiger partial charge in [-0.3, -0.25) is 9.08 Å². The number of aryl methyl sites for hydroxylation is 4. The Morgan fingerprint density at radius 3 is 2.25 bits per heavy atom. The fraction of sp³-hybridized carbons (Fsp3) is 0.412. The third-order valence-electron chi connectivity index (χ3n) is 4.02. The Balaban J connectivity index is 0.00000208. The summed E-state index contributed by atoms with van der Waals surface area (Å²) in [6.07, 6.45) is 3.17. The molecule has 0 saturated heterocycles. The zero-order chi connectivity index (χ0) is 17.1. The normalized spacial score (nSPS) is 11.8. The molecule has 0 N–H and O–H groups in total. The third-order valence-corrected chi connectivity index (χ3v) is 5.29. The van der Waals surface area contributed by atoms with Gasteiger partial charge in [0.05, 0.1) is 11.4 Å². The minimum atomic E-state index is -3.34. The predicted octanol–water partition coefficient (Wildman–Crippen LogP) is 3.01. The fourth-order valence-electron chi connectivity index (χ4n) is 3.25. The van der Waals surface area contributed by atoms with Gasteiger partial charge in [0.1, 0.15) is 11.3 Å². The molecule has 0 aliphatic carbocycles. The molecule has 0 aromatic carbocycles. The lowest BCUT2D eigenvalue weighted by atomic mass is 10.1. The van der Waals surface area contributed by atoms with E-state index < -0.39 is 9.84 Å². The fourth-order valence-corrected chi connectivity index (χ4v) is 4.43. The number of hydrogen-bond acceptors (Lipinski definition) is 4. The number of sulfone groups is 1. The maximum absolute atomic E-state index is 12.0. The van der Waals surface area contributed by atoms with Gasteiger partial charge in [-0.05, 0) is 38.8 Å². The highest BCUT2D eigenvalue weighted by Gasteiger charge is 2.24. The zero-order valence-electron chi connectivity index (χ0n) is 14.2. The molecule has 0 aliphatic rings. The summed E-state index contributed by atoms with van der Waals surface area (Å²) >= 11 is 0. The molecule has 0 unspecified atom stereocenters. The van der Waals surface area contributed by atoms with E-state index in [9.17, 15) is 8.42 Å². The lowest BCUT2D eigenvalue weighted by Gasteiger charge is -2.10. The van der Waals surface area contributed by atoms with Crippen LogP contribution in [-0.4, -0.2) is 33.8 Å². The first-order valence-electron chi connectivity index (χ1n) is 7.31. The van der Waals surface area contributed by atoms with Crippen LogP contribution in [0.3, 0.4) is 0 Å². The summed E-state index contributed by atoms with van der Waals surface area (Å²) in [7, 11) is -1.69. The summed E-state index contributed by atoms with van der Waals surface area (Å²) in [4.78, 5) is 4.56. The lowest BCUT2D eigenvalue weighted by Crippen LogP contribution is -2.06. The van der Waals surface area contributed by atoms with Crippen LogP contribution in [0.2, 0.25) is 0 Å². The monoisotopic (exact) mass is 348 g/mol. The first kappa shape index (κ1) is 18.2. The first-order chi connectivity index (χ1) is 10.6. The number of pyridine rings is 1. The Bertz CT molecular complexity index is 1040. The van der Waals surface area contributed by atoms with Crippen molar-refractivity contribution in [2.75, 3.05) is 6.26 Å². The molecule has 7 heteroatoms. The summed E-state index contributed by atoms with van der Waals surface area (Å²) in [5.74, 6) is 0. The molecule has 6 nitrogen and oxygen atoms in total. The second-order valence-corrected chi connectivity index (χ2v) is 8.04. The van der Waals surface area contributed by atoms with Crippen molar-refractivity contribution in [3.8, 4) is 11.4 Å². The number of rotatable bonds is 2. The molecule has 0 spiro atoms. The molecule has 0 bridgehead atoms. The molecular formula is C17H24N4O2S. The largest absolute Gasteiger partial charge is 0.297 e. The summed E-state index contributed by atoms with van der Waals surface area (Å²) in [6, 6.07) is 2.06. The van der Waals surface area contributed by atoms with Crippen LogP contribution >= 0.6 is 0 Å². The SMILES string of the molecule is C.Cc1cn2c(-c3nn(C)c(S(C)(=O)=O)c3C)c(C)cc(C)c2n1. The topological polar surface area (TPSA) is 69.3 Å². The molecule has 24 heavy (non-hydrogen) atoms. The second kappa shape index (κ2) is 5.73. The van der Waals surface area contributed by atoms with Crippen LogP contribution in [0.25, 0.3) is 17.0 Å². The van der Waals surface area contributed by atoms with Crippen LogP contribution in [0.4, 0.5) is 0 Å². The molecule has 3 heterocycles. The van der Waals surface area contributed by atoms with Gasteiger partial charge in [-0.1, -0.05) is 13.5 Å². The molecule has 0 atom stereocenters. The van der Waals surface area contributed by atoms with Gasteiger partial charge in [0.2, 0.25) is 0 Å². The van der Waals surface area contributed by atoms with Crippen LogP contribution in [0, 0.1) is 27.7 Å². The highest BCUT2D eigenvalue weighted by atomic mass is 32.2. The average Bonchev–Trinajstić information content (AvgIpc) is 2.90. The van der Waals surface area contributed by atoms with Crippen LogP contribution in [0.1, 0.15) is 29.8 Å². The van der Waals surface area contributed by atoms with E-state index in [4.69, 9.17) is 0 Å². The average molecular weight is 348 g/mol. The highest BCUT2D eigenvalue weighted by molar-refractivity contribution is 7.90. The van der Waals surface area contributed by atoms with E-state index >= 15 is 0 Å². The molecule has 3 aromatic heterocycles. The van der Waals surface area contributed by atoms with E-state index in [2.05, 4.69) is 16.1 Å². The van der Waals surface area contributed by atoms with Gasteiger partial charge in [0, 0.05) is 25.1 Å². The van der Waals surface area contributed by atoms with Gasteiger partial charge >= 0.3 is 0 Å². The minimum absolute atomic E-state index is 0. The lowest BCUT2D eigenvalue weighted by molar-refractivity contribution is 0.581. The van der Waals surface area contributed by atoms with Gasteiger partial charge in [-0.2, -0.15) is 5.10 Å². The smallest absolute Gasteiger partial charge is 0.192 e. The van der Waals surface area contributed by atoms with Gasteiger partial charge in [0.25, 0.3) is 0 Å². The highest BCUT2D eigenvalue weighted by Crippen LogP contribution is 2.31. The van der Waals surface area contributed by atoms with E-state index in [0.29, 0.717) is 11.3 Å². The van der Waals surface area contributed by atoms with Gasteiger partial charge < -0.3 is 0 Å². The molecule has 3 rings (SSSR count). The van der Waals surface area contributed by atoms with Crippen LogP contribution in [-0.2, 0) is 16.9 Å². The molecule has 0 saturated carbocycles. The third kappa shape index (κ3) is 2.62. The van der Waals surface area contributed by atoms with E-state index in [-0.39, 0.29) is 12.5 Å². The van der Waals surface area contributed by atoms with Crippen molar-refractivity contribution >= 4 is 15.5 Å². The van der Waals surface area contributed by atoms with E-state index in [0.717, 1.165) is 28.2 Å². The van der Waals surface area contributed by atoms with Crippen molar-refractivity contribution in [1.29, 1.82) is 0 Å². The molecule has 0 amide bonds. The summed E-state index contributed by atoms with van der Waals surface area (Å²) in [5, 5.41) is 4.73. The Kier molecular flexibility index (Phi) is 4.35. The Morgan fingerprint density at radius 2 is 1.71 bits per heavy atom. The van der Waals surface area contributed by atoms with Crippen molar-refractivity contribution in [2.24, 2.45) is 7.05 Å². The van der Waals surface area contributed by atoms with Crippen LogP contribution < -0.4 is 0 Å². The van der Waals surface area contributed by atoms with E-state index in [1.165, 1.54) is 10.9 Å². The Labute approximate surface area is 143 Å². The summed E-state index contributed by atoms with van der Waals surface area (Å²) in [5.41, 5.74) is 6.12. The van der Waals surface area contributed by atoms with Crippen molar-refractivity contribution in [2.45, 2.75) is 40.1 Å². The first-order valence-corrected chi connectivity index (χ1v) is 9.20. The van der Waals surface area contributed by atoms with Crippen molar-refractivity contribution < 1.29 is 8.42 Å². The van der Waals surface area contributed by atoms with Crippen molar-refractivity contribution in [3.63, 3.8) is 0 Å². The van der Waals surface area contributed by atoms with Gasteiger partial charge in [-0.15, -0.1) is 0 Å². The van der Waals surface area contributed by atoms with Crippen LogP contribution in [0.15, 0.2) is 17.3 Å². The maximum atomic E-state index is 12.0. The molecule has 0 aliphatic heterocycles. The molecule has 0 fully saturated rings.